The number of imidazole rings is 1. The van der Waals surface area contributed by atoms with Crippen LogP contribution in [0.5, 0.6) is 0 Å². The Morgan fingerprint density at radius 3 is 2.95 bits per heavy atom. The van der Waals surface area contributed by atoms with E-state index in [4.69, 9.17) is 5.73 Å². The second-order valence-corrected chi connectivity index (χ2v) is 5.31. The molecule has 0 spiro atoms. The Balaban J connectivity index is 1.93. The highest BCUT2D eigenvalue weighted by molar-refractivity contribution is 5.77. The molecule has 1 heterocycles. The van der Waals surface area contributed by atoms with Gasteiger partial charge >= 0.3 is 0 Å². The van der Waals surface area contributed by atoms with Crippen molar-refractivity contribution in [3.63, 3.8) is 0 Å². The van der Waals surface area contributed by atoms with Gasteiger partial charge in [0, 0.05) is 32.5 Å². The largest absolute Gasteiger partial charge is 0.356 e. The lowest BCUT2D eigenvalue weighted by Gasteiger charge is -2.07. The molecule has 0 saturated heterocycles. The number of nitrogens with one attached hydrogen (secondary N) is 1. The van der Waals surface area contributed by atoms with Crippen molar-refractivity contribution >= 4 is 16.9 Å². The Labute approximate surface area is 123 Å². The maximum atomic E-state index is 13.6. The summed E-state index contributed by atoms with van der Waals surface area (Å²) in [7, 11) is 1.85. The summed E-state index contributed by atoms with van der Waals surface area (Å²) < 4.78 is 15.5. The van der Waals surface area contributed by atoms with Gasteiger partial charge in [0.2, 0.25) is 5.91 Å². The lowest BCUT2D eigenvalue weighted by molar-refractivity contribution is -0.121. The molecule has 0 saturated carbocycles. The number of carbonyl (C=O) groups is 1. The number of benzene rings is 1. The van der Waals surface area contributed by atoms with E-state index in [1.807, 2.05) is 24.6 Å². The SMILES string of the molecule is CC(N)CCC(=O)NCCc1nc2c(F)cccc2n1C. The minimum Gasteiger partial charge on any atom is -0.356 e. The number of hydrogen-bond donors (Lipinski definition) is 2. The molecule has 0 aliphatic heterocycles. The van der Waals surface area contributed by atoms with Crippen molar-refractivity contribution in [3.05, 3.63) is 29.8 Å². The fourth-order valence-corrected chi connectivity index (χ4v) is 2.21. The van der Waals surface area contributed by atoms with Gasteiger partial charge in [0.05, 0.1) is 5.52 Å². The number of aromatic nitrogens is 2. The Kier molecular flexibility index (Phi) is 4.90. The number of rotatable bonds is 6. The monoisotopic (exact) mass is 292 g/mol. The van der Waals surface area contributed by atoms with Crippen molar-refractivity contribution in [1.29, 1.82) is 0 Å². The second kappa shape index (κ2) is 6.67. The third-order valence-electron chi connectivity index (χ3n) is 3.45. The van der Waals surface area contributed by atoms with E-state index in [0.717, 1.165) is 11.3 Å². The number of hydrogen-bond acceptors (Lipinski definition) is 3. The number of halogens is 1. The molecule has 5 nitrogen and oxygen atoms in total. The first-order valence-corrected chi connectivity index (χ1v) is 7.11. The Bertz CT molecular complexity index is 636. The van der Waals surface area contributed by atoms with Crippen molar-refractivity contribution in [2.75, 3.05) is 6.54 Å². The van der Waals surface area contributed by atoms with Crippen molar-refractivity contribution in [3.8, 4) is 0 Å². The lowest BCUT2D eigenvalue weighted by Crippen LogP contribution is -2.28. The number of nitrogens with two attached hydrogens (primary N) is 1. The first-order chi connectivity index (χ1) is 9.99. The van der Waals surface area contributed by atoms with E-state index in [0.29, 0.717) is 31.3 Å². The minimum absolute atomic E-state index is 0.0164. The van der Waals surface area contributed by atoms with E-state index in [2.05, 4.69) is 10.3 Å². The normalized spacial score (nSPS) is 12.6. The molecule has 0 bridgehead atoms. The van der Waals surface area contributed by atoms with Gasteiger partial charge < -0.3 is 15.6 Å². The molecule has 2 rings (SSSR count). The summed E-state index contributed by atoms with van der Waals surface area (Å²) >= 11 is 0. The number of fused-ring (bicyclic) bond motifs is 1. The van der Waals surface area contributed by atoms with Crippen LogP contribution >= 0.6 is 0 Å². The summed E-state index contributed by atoms with van der Waals surface area (Å²) in [6.07, 6.45) is 1.66. The molecular weight excluding hydrogens is 271 g/mol. The molecule has 0 aliphatic rings. The Morgan fingerprint density at radius 2 is 2.29 bits per heavy atom. The first-order valence-electron chi connectivity index (χ1n) is 7.11. The quantitative estimate of drug-likeness (QED) is 0.847. The zero-order valence-corrected chi connectivity index (χ0v) is 12.4. The van der Waals surface area contributed by atoms with Crippen LogP contribution < -0.4 is 11.1 Å². The van der Waals surface area contributed by atoms with E-state index >= 15 is 0 Å². The third-order valence-corrected chi connectivity index (χ3v) is 3.45. The highest BCUT2D eigenvalue weighted by atomic mass is 19.1. The van der Waals surface area contributed by atoms with Gasteiger partial charge in [-0.05, 0) is 25.5 Å². The van der Waals surface area contributed by atoms with Crippen molar-refractivity contribution in [2.24, 2.45) is 12.8 Å². The maximum Gasteiger partial charge on any atom is 0.220 e. The molecule has 1 aromatic carbocycles. The number of amides is 1. The van der Waals surface area contributed by atoms with Gasteiger partial charge in [-0.2, -0.15) is 0 Å². The average Bonchev–Trinajstić information content (AvgIpc) is 2.76. The van der Waals surface area contributed by atoms with Gasteiger partial charge in [-0.25, -0.2) is 9.37 Å². The zero-order chi connectivity index (χ0) is 15.4. The highest BCUT2D eigenvalue weighted by Gasteiger charge is 2.11. The molecule has 1 atom stereocenters. The molecule has 0 radical (unpaired) electrons. The number of para-hydroxylation sites is 1. The highest BCUT2D eigenvalue weighted by Crippen LogP contribution is 2.17. The van der Waals surface area contributed by atoms with Crippen LogP contribution in [0.2, 0.25) is 0 Å². The molecular formula is C15H21FN4O. The van der Waals surface area contributed by atoms with Crippen LogP contribution in [0.1, 0.15) is 25.6 Å². The van der Waals surface area contributed by atoms with Gasteiger partial charge in [-0.3, -0.25) is 4.79 Å². The second-order valence-electron chi connectivity index (χ2n) is 5.31. The summed E-state index contributed by atoms with van der Waals surface area (Å²) in [6.45, 7) is 2.36. The number of carbonyl (C=O) groups excluding carboxylic acids is 1. The smallest absolute Gasteiger partial charge is 0.220 e. The van der Waals surface area contributed by atoms with Crippen LogP contribution in [0, 0.1) is 5.82 Å². The van der Waals surface area contributed by atoms with Crippen LogP contribution in [-0.4, -0.2) is 28.0 Å². The van der Waals surface area contributed by atoms with Gasteiger partial charge in [0.25, 0.3) is 0 Å². The average molecular weight is 292 g/mol. The van der Waals surface area contributed by atoms with Crippen LogP contribution in [0.15, 0.2) is 18.2 Å². The number of aryl methyl sites for hydroxylation is 1. The predicted octanol–water partition coefficient (Wildman–Crippen LogP) is 1.50. The summed E-state index contributed by atoms with van der Waals surface area (Å²) in [5, 5.41) is 2.83. The van der Waals surface area contributed by atoms with E-state index in [1.165, 1.54) is 6.07 Å². The van der Waals surface area contributed by atoms with Crippen LogP contribution in [0.25, 0.3) is 11.0 Å². The van der Waals surface area contributed by atoms with Crippen LogP contribution in [-0.2, 0) is 18.3 Å². The summed E-state index contributed by atoms with van der Waals surface area (Å²) in [5.74, 6) is 0.412. The van der Waals surface area contributed by atoms with Gasteiger partial charge in [-0.1, -0.05) is 6.07 Å². The molecule has 3 N–H and O–H groups in total. The van der Waals surface area contributed by atoms with Crippen LogP contribution in [0.4, 0.5) is 4.39 Å². The van der Waals surface area contributed by atoms with Crippen molar-refractivity contribution < 1.29 is 9.18 Å². The van der Waals surface area contributed by atoms with Gasteiger partial charge in [-0.15, -0.1) is 0 Å². The lowest BCUT2D eigenvalue weighted by atomic mass is 10.2. The fourth-order valence-electron chi connectivity index (χ4n) is 2.21. The Hall–Kier alpha value is -1.95. The standard InChI is InChI=1S/C15H21FN4O/c1-10(17)6-7-14(21)18-9-8-13-19-15-11(16)4-3-5-12(15)20(13)2/h3-5,10H,6-9,17H2,1-2H3,(H,18,21). The maximum absolute atomic E-state index is 13.6. The van der Waals surface area contributed by atoms with E-state index in [1.54, 1.807) is 6.07 Å². The summed E-state index contributed by atoms with van der Waals surface area (Å²) in [6, 6.07) is 4.92. The predicted molar refractivity (Wildman–Crippen MR) is 80.3 cm³/mol. The fraction of sp³-hybridized carbons (Fsp3) is 0.467. The third kappa shape index (κ3) is 3.78. The summed E-state index contributed by atoms with van der Waals surface area (Å²) in [4.78, 5) is 15.9. The van der Waals surface area contributed by atoms with E-state index < -0.39 is 0 Å². The summed E-state index contributed by atoms with van der Waals surface area (Å²) in [5.41, 5.74) is 6.74. The first kappa shape index (κ1) is 15.4. The van der Waals surface area contributed by atoms with Gasteiger partial charge in [0.15, 0.2) is 5.82 Å². The molecule has 0 aliphatic carbocycles. The van der Waals surface area contributed by atoms with E-state index in [-0.39, 0.29) is 17.8 Å². The molecule has 21 heavy (non-hydrogen) atoms. The van der Waals surface area contributed by atoms with Crippen molar-refractivity contribution in [2.45, 2.75) is 32.2 Å². The topological polar surface area (TPSA) is 72.9 Å². The minimum atomic E-state index is -0.324. The van der Waals surface area contributed by atoms with E-state index in [9.17, 15) is 9.18 Å². The Morgan fingerprint density at radius 1 is 1.52 bits per heavy atom. The number of nitrogens with zero attached hydrogens (tertiary/aromatic N) is 2. The molecule has 1 amide bonds. The van der Waals surface area contributed by atoms with Gasteiger partial charge in [0.1, 0.15) is 11.3 Å². The van der Waals surface area contributed by atoms with Crippen molar-refractivity contribution in [1.82, 2.24) is 14.9 Å². The molecule has 2 aromatic rings. The molecule has 1 unspecified atom stereocenters. The zero-order valence-electron chi connectivity index (χ0n) is 12.4. The molecule has 6 heteroatoms. The molecule has 1 aromatic heterocycles. The molecule has 114 valence electrons. The van der Waals surface area contributed by atoms with Crippen LogP contribution in [0.3, 0.4) is 0 Å². The molecule has 0 fully saturated rings.